The van der Waals surface area contributed by atoms with Gasteiger partial charge >= 0.3 is 0 Å². The van der Waals surface area contributed by atoms with Crippen molar-refractivity contribution in [1.29, 1.82) is 0 Å². The zero-order chi connectivity index (χ0) is 22.4. The number of amides is 4. The number of nitrogens with two attached hydrogens (primary N) is 1. The molecule has 10 heteroatoms. The second-order valence-electron chi connectivity index (χ2n) is 8.64. The van der Waals surface area contributed by atoms with Gasteiger partial charge in [0.25, 0.3) is 11.8 Å². The standard InChI is InChI=1S/C22H24N6O4/c23-16-9-24-26-19(16)13-2-1-7-27(11-13)10-12-3-4-14-15(8-12)22(32)28(21(14)31)17-5-6-18(29)25-20(17)30/h3-4,8-9,13,17H,1-2,5-7,10-11,23H2,(H,24,26)(H,25,29,30). The Morgan fingerprint density at radius 1 is 1.09 bits per heavy atom. The Kier molecular flexibility index (Phi) is 5.01. The monoisotopic (exact) mass is 436 g/mol. The van der Waals surface area contributed by atoms with E-state index in [4.69, 9.17) is 5.73 Å². The number of nitrogen functional groups attached to an aromatic ring is 1. The molecule has 2 fully saturated rings. The zero-order valence-electron chi connectivity index (χ0n) is 17.5. The zero-order valence-corrected chi connectivity index (χ0v) is 17.5. The first-order valence-corrected chi connectivity index (χ1v) is 10.8. The Morgan fingerprint density at radius 2 is 1.91 bits per heavy atom. The summed E-state index contributed by atoms with van der Waals surface area (Å²) in [6, 6.07) is 4.30. The van der Waals surface area contributed by atoms with Gasteiger partial charge in [-0.2, -0.15) is 5.10 Å². The first-order valence-electron chi connectivity index (χ1n) is 10.8. The molecule has 32 heavy (non-hydrogen) atoms. The molecule has 0 bridgehead atoms. The van der Waals surface area contributed by atoms with E-state index in [1.54, 1.807) is 18.3 Å². The van der Waals surface area contributed by atoms with Gasteiger partial charge in [0.15, 0.2) is 0 Å². The van der Waals surface area contributed by atoms with Crippen LogP contribution >= 0.6 is 0 Å². The number of imide groups is 2. The summed E-state index contributed by atoms with van der Waals surface area (Å²) in [6.45, 7) is 2.38. The predicted molar refractivity (Wildman–Crippen MR) is 113 cm³/mol. The molecule has 10 nitrogen and oxygen atoms in total. The number of carbonyl (C=O) groups is 4. The van der Waals surface area contributed by atoms with Gasteiger partial charge in [0.1, 0.15) is 6.04 Å². The lowest BCUT2D eigenvalue weighted by molar-refractivity contribution is -0.136. The number of likely N-dealkylation sites (tertiary alicyclic amines) is 1. The predicted octanol–water partition coefficient (Wildman–Crippen LogP) is 0.773. The minimum absolute atomic E-state index is 0.103. The molecule has 1 aromatic heterocycles. The van der Waals surface area contributed by atoms with Crippen LogP contribution in [-0.4, -0.2) is 62.8 Å². The fraction of sp³-hybridized carbons (Fsp3) is 0.409. The summed E-state index contributed by atoms with van der Waals surface area (Å²) < 4.78 is 0. The molecule has 0 aliphatic carbocycles. The summed E-state index contributed by atoms with van der Waals surface area (Å²) in [5.41, 5.74) is 9.18. The highest BCUT2D eigenvalue weighted by Crippen LogP contribution is 2.31. The van der Waals surface area contributed by atoms with E-state index in [-0.39, 0.29) is 24.7 Å². The number of fused-ring (bicyclic) bond motifs is 1. The molecule has 4 amide bonds. The molecular formula is C22H24N6O4. The first-order chi connectivity index (χ1) is 15.4. The van der Waals surface area contributed by atoms with Gasteiger partial charge in [0, 0.05) is 25.4 Å². The van der Waals surface area contributed by atoms with Gasteiger partial charge in [0.2, 0.25) is 11.8 Å². The second-order valence-corrected chi connectivity index (χ2v) is 8.64. The van der Waals surface area contributed by atoms with Crippen LogP contribution in [0.4, 0.5) is 5.69 Å². The Labute approximate surface area is 184 Å². The molecule has 3 aliphatic rings. The van der Waals surface area contributed by atoms with Crippen molar-refractivity contribution >= 4 is 29.3 Å². The number of nitrogens with zero attached hydrogens (tertiary/aromatic N) is 3. The molecule has 4 N–H and O–H groups in total. The Bertz CT molecular complexity index is 1130. The molecular weight excluding hydrogens is 412 g/mol. The lowest BCUT2D eigenvalue weighted by Crippen LogP contribution is -2.54. The van der Waals surface area contributed by atoms with E-state index in [1.165, 1.54) is 0 Å². The molecule has 4 heterocycles. The van der Waals surface area contributed by atoms with Gasteiger partial charge in [-0.25, -0.2) is 0 Å². The number of piperidine rings is 2. The van der Waals surface area contributed by atoms with Crippen LogP contribution in [0.25, 0.3) is 0 Å². The van der Waals surface area contributed by atoms with Crippen molar-refractivity contribution in [3.63, 3.8) is 0 Å². The Balaban J connectivity index is 1.32. The van der Waals surface area contributed by atoms with Crippen molar-refractivity contribution in [2.24, 2.45) is 0 Å². The van der Waals surface area contributed by atoms with Crippen LogP contribution < -0.4 is 11.1 Å². The van der Waals surface area contributed by atoms with Crippen LogP contribution in [0.5, 0.6) is 0 Å². The highest BCUT2D eigenvalue weighted by atomic mass is 16.2. The summed E-state index contributed by atoms with van der Waals surface area (Å²) in [7, 11) is 0. The van der Waals surface area contributed by atoms with Gasteiger partial charge in [-0.15, -0.1) is 0 Å². The van der Waals surface area contributed by atoms with Crippen molar-refractivity contribution in [2.75, 3.05) is 18.8 Å². The molecule has 0 saturated carbocycles. The summed E-state index contributed by atoms with van der Waals surface area (Å²) in [5.74, 6) is -1.69. The normalized spacial score (nSPS) is 24.1. The fourth-order valence-electron chi connectivity index (χ4n) is 4.94. The van der Waals surface area contributed by atoms with E-state index in [1.807, 2.05) is 6.07 Å². The number of nitrogens with one attached hydrogen (secondary N) is 2. The number of H-pyrrole nitrogens is 1. The maximum absolute atomic E-state index is 13.0. The quantitative estimate of drug-likeness (QED) is 0.601. The van der Waals surface area contributed by atoms with Crippen molar-refractivity contribution in [1.82, 2.24) is 25.3 Å². The number of anilines is 1. The van der Waals surface area contributed by atoms with Crippen LogP contribution in [0.1, 0.15) is 63.6 Å². The number of aromatic amines is 1. The molecule has 0 spiro atoms. The fourth-order valence-corrected chi connectivity index (χ4v) is 4.94. The maximum Gasteiger partial charge on any atom is 0.262 e. The average Bonchev–Trinajstić information content (AvgIpc) is 3.30. The number of aromatic nitrogens is 2. The third-order valence-corrected chi connectivity index (χ3v) is 6.52. The number of benzene rings is 1. The third kappa shape index (κ3) is 3.46. The topological polar surface area (TPSA) is 141 Å². The molecule has 2 aromatic rings. The Morgan fingerprint density at radius 3 is 2.66 bits per heavy atom. The van der Waals surface area contributed by atoms with Crippen LogP contribution in [0.2, 0.25) is 0 Å². The van der Waals surface area contributed by atoms with E-state index in [0.29, 0.717) is 23.4 Å². The molecule has 166 valence electrons. The number of hydrogen-bond acceptors (Lipinski definition) is 7. The van der Waals surface area contributed by atoms with Gasteiger partial charge in [-0.3, -0.25) is 39.4 Å². The highest BCUT2D eigenvalue weighted by molar-refractivity contribution is 6.23. The molecule has 3 aliphatic heterocycles. The number of carbonyl (C=O) groups excluding carboxylic acids is 4. The number of hydrogen-bond donors (Lipinski definition) is 3. The molecule has 5 rings (SSSR count). The van der Waals surface area contributed by atoms with Gasteiger partial charge in [-0.1, -0.05) is 6.07 Å². The maximum atomic E-state index is 13.0. The minimum Gasteiger partial charge on any atom is -0.396 e. The van der Waals surface area contributed by atoms with Crippen molar-refractivity contribution in [2.45, 2.75) is 44.2 Å². The van der Waals surface area contributed by atoms with Gasteiger partial charge in [-0.05, 0) is 43.5 Å². The van der Waals surface area contributed by atoms with Gasteiger partial charge in [0.05, 0.1) is 28.7 Å². The van der Waals surface area contributed by atoms with Gasteiger partial charge < -0.3 is 5.73 Å². The number of rotatable bonds is 4. The third-order valence-electron chi connectivity index (χ3n) is 6.52. The lowest BCUT2D eigenvalue weighted by Gasteiger charge is -2.32. The minimum atomic E-state index is -0.953. The molecule has 2 saturated heterocycles. The molecule has 2 atom stereocenters. The smallest absolute Gasteiger partial charge is 0.262 e. The molecule has 0 radical (unpaired) electrons. The SMILES string of the molecule is Nc1cn[nH]c1C1CCCN(Cc2ccc3c(c2)C(=O)N(C2CCC(=O)NC2=O)C3=O)C1. The lowest BCUT2D eigenvalue weighted by atomic mass is 9.93. The summed E-state index contributed by atoms with van der Waals surface area (Å²) in [5, 5.41) is 9.24. The van der Waals surface area contributed by atoms with Crippen molar-refractivity contribution in [3.05, 3.63) is 46.8 Å². The highest BCUT2D eigenvalue weighted by Gasteiger charge is 2.44. The molecule has 1 aromatic carbocycles. The van der Waals surface area contributed by atoms with Crippen molar-refractivity contribution < 1.29 is 19.2 Å². The second kappa shape index (κ2) is 7.86. The first kappa shape index (κ1) is 20.4. The van der Waals surface area contributed by atoms with Crippen LogP contribution in [0.15, 0.2) is 24.4 Å². The van der Waals surface area contributed by atoms with E-state index in [0.717, 1.165) is 42.1 Å². The van der Waals surface area contributed by atoms with E-state index >= 15 is 0 Å². The van der Waals surface area contributed by atoms with E-state index in [9.17, 15) is 19.2 Å². The Hall–Kier alpha value is -3.53. The average molecular weight is 436 g/mol. The van der Waals surface area contributed by atoms with Crippen LogP contribution in [-0.2, 0) is 16.1 Å². The largest absolute Gasteiger partial charge is 0.396 e. The summed E-state index contributed by atoms with van der Waals surface area (Å²) in [4.78, 5) is 52.8. The van der Waals surface area contributed by atoms with Crippen molar-refractivity contribution in [3.8, 4) is 0 Å². The van der Waals surface area contributed by atoms with Crippen LogP contribution in [0, 0.1) is 0 Å². The van der Waals surface area contributed by atoms with Crippen LogP contribution in [0.3, 0.4) is 0 Å². The summed E-state index contributed by atoms with van der Waals surface area (Å²) in [6.07, 6.45) is 3.93. The molecule has 2 unspecified atom stereocenters. The van der Waals surface area contributed by atoms with E-state index < -0.39 is 23.8 Å². The van der Waals surface area contributed by atoms with E-state index in [2.05, 4.69) is 20.4 Å². The summed E-state index contributed by atoms with van der Waals surface area (Å²) >= 11 is 0.